The van der Waals surface area contributed by atoms with Gasteiger partial charge in [-0.2, -0.15) is 5.26 Å². The molecular weight excluding hydrogens is 258 g/mol. The van der Waals surface area contributed by atoms with E-state index in [1.807, 2.05) is 6.07 Å². The van der Waals surface area contributed by atoms with Crippen LogP contribution in [-0.4, -0.2) is 38.8 Å². The lowest BCUT2D eigenvalue weighted by molar-refractivity contribution is -0.117. The Morgan fingerprint density at radius 1 is 1.65 bits per heavy atom. The van der Waals surface area contributed by atoms with Gasteiger partial charge in [0.1, 0.15) is 17.5 Å². The molecule has 2 rings (SSSR count). The minimum atomic E-state index is -0.172. The Morgan fingerprint density at radius 3 is 3.15 bits per heavy atom. The summed E-state index contributed by atoms with van der Waals surface area (Å²) in [7, 11) is 1.50. The molecule has 1 heterocycles. The molecule has 0 aromatic heterocycles. The third kappa shape index (κ3) is 3.47. The van der Waals surface area contributed by atoms with Crippen LogP contribution in [0.25, 0.3) is 0 Å². The van der Waals surface area contributed by atoms with Gasteiger partial charge in [0.25, 0.3) is 0 Å². The molecule has 1 fully saturated rings. The highest BCUT2D eigenvalue weighted by atomic mass is 16.5. The predicted octanol–water partition coefficient (Wildman–Crippen LogP) is 0.884. The molecule has 1 aliphatic heterocycles. The molecule has 0 aliphatic carbocycles. The largest absolute Gasteiger partial charge is 0.495 e. The van der Waals surface area contributed by atoms with Crippen molar-refractivity contribution in [2.45, 2.75) is 12.5 Å². The summed E-state index contributed by atoms with van der Waals surface area (Å²) < 4.78 is 10.5. The van der Waals surface area contributed by atoms with Crippen LogP contribution in [0.3, 0.4) is 0 Å². The number of carbonyl (C=O) groups is 1. The van der Waals surface area contributed by atoms with E-state index in [0.29, 0.717) is 36.6 Å². The van der Waals surface area contributed by atoms with Gasteiger partial charge in [0, 0.05) is 19.0 Å². The number of hydrogen-bond donors (Lipinski definition) is 2. The van der Waals surface area contributed by atoms with Crippen LogP contribution in [0.5, 0.6) is 5.75 Å². The highest BCUT2D eigenvalue weighted by Crippen LogP contribution is 2.27. The topological polar surface area (TPSA) is 83.4 Å². The van der Waals surface area contributed by atoms with Crippen LogP contribution in [0.4, 0.5) is 5.69 Å². The van der Waals surface area contributed by atoms with Crippen molar-refractivity contribution < 1.29 is 14.3 Å². The molecule has 6 nitrogen and oxygen atoms in total. The quantitative estimate of drug-likeness (QED) is 0.852. The van der Waals surface area contributed by atoms with Crippen LogP contribution in [0.1, 0.15) is 12.0 Å². The molecule has 1 saturated heterocycles. The van der Waals surface area contributed by atoms with E-state index in [9.17, 15) is 4.79 Å². The fraction of sp³-hybridized carbons (Fsp3) is 0.429. The zero-order chi connectivity index (χ0) is 14.4. The number of anilines is 1. The van der Waals surface area contributed by atoms with Crippen LogP contribution in [0.2, 0.25) is 0 Å². The summed E-state index contributed by atoms with van der Waals surface area (Å²) in [5.41, 5.74) is 0.796. The maximum atomic E-state index is 12.0. The van der Waals surface area contributed by atoms with E-state index < -0.39 is 0 Å². The zero-order valence-corrected chi connectivity index (χ0v) is 11.3. The summed E-state index contributed by atoms with van der Waals surface area (Å²) in [6.45, 7) is 1.93. The van der Waals surface area contributed by atoms with Gasteiger partial charge < -0.3 is 20.1 Å². The second kappa shape index (κ2) is 6.89. The van der Waals surface area contributed by atoms with Gasteiger partial charge in [-0.15, -0.1) is 0 Å². The molecule has 1 aliphatic rings. The smallest absolute Gasteiger partial charge is 0.226 e. The van der Waals surface area contributed by atoms with Crippen molar-refractivity contribution in [1.82, 2.24) is 5.32 Å². The Balaban J connectivity index is 2.05. The van der Waals surface area contributed by atoms with Crippen LogP contribution < -0.4 is 15.4 Å². The summed E-state index contributed by atoms with van der Waals surface area (Å²) in [6.07, 6.45) is 0.295. The molecule has 1 unspecified atom stereocenters. The average Bonchev–Trinajstić information content (AvgIpc) is 2.48. The number of nitrogens with one attached hydrogen (secondary N) is 2. The Labute approximate surface area is 117 Å². The fourth-order valence-electron chi connectivity index (χ4n) is 2.09. The molecule has 1 aromatic carbocycles. The van der Waals surface area contributed by atoms with Gasteiger partial charge in [0.05, 0.1) is 25.9 Å². The molecule has 1 atom stereocenters. The molecule has 20 heavy (non-hydrogen) atoms. The molecule has 106 valence electrons. The highest BCUT2D eigenvalue weighted by Gasteiger charge is 2.19. The molecule has 0 saturated carbocycles. The normalized spacial score (nSPS) is 18.1. The Hall–Kier alpha value is -2.10. The lowest BCUT2D eigenvalue weighted by atomic mass is 10.1. The van der Waals surface area contributed by atoms with Crippen LogP contribution in [0.15, 0.2) is 18.2 Å². The molecule has 2 N–H and O–H groups in total. The number of para-hydroxylation sites is 1. The maximum absolute atomic E-state index is 12.0. The van der Waals surface area contributed by atoms with E-state index in [4.69, 9.17) is 14.7 Å². The van der Waals surface area contributed by atoms with Gasteiger partial charge in [-0.25, -0.2) is 0 Å². The van der Waals surface area contributed by atoms with Gasteiger partial charge >= 0.3 is 0 Å². The second-order valence-corrected chi connectivity index (χ2v) is 4.47. The Bertz CT molecular complexity index is 519. The van der Waals surface area contributed by atoms with Crippen LogP contribution in [0, 0.1) is 11.3 Å². The predicted molar refractivity (Wildman–Crippen MR) is 73.6 cm³/mol. The SMILES string of the molecule is COc1cccc(C#N)c1NC(=O)CC1COCCN1. The zero-order valence-electron chi connectivity index (χ0n) is 11.3. The minimum absolute atomic E-state index is 0.00370. The van der Waals surface area contributed by atoms with Crippen molar-refractivity contribution in [3.05, 3.63) is 23.8 Å². The van der Waals surface area contributed by atoms with Crippen molar-refractivity contribution in [2.75, 3.05) is 32.2 Å². The van der Waals surface area contributed by atoms with Crippen molar-refractivity contribution in [1.29, 1.82) is 5.26 Å². The monoisotopic (exact) mass is 275 g/mol. The number of amides is 1. The molecule has 6 heteroatoms. The Kier molecular flexibility index (Phi) is 4.93. The highest BCUT2D eigenvalue weighted by molar-refractivity contribution is 5.94. The minimum Gasteiger partial charge on any atom is -0.495 e. The van der Waals surface area contributed by atoms with E-state index in [1.165, 1.54) is 7.11 Å². The molecule has 0 bridgehead atoms. The first-order chi connectivity index (χ1) is 9.74. The molecule has 1 amide bonds. The summed E-state index contributed by atoms with van der Waals surface area (Å²) in [5, 5.41) is 15.0. The lowest BCUT2D eigenvalue weighted by Crippen LogP contribution is -2.43. The van der Waals surface area contributed by atoms with Gasteiger partial charge in [0.15, 0.2) is 0 Å². The van der Waals surface area contributed by atoms with E-state index in [2.05, 4.69) is 10.6 Å². The number of hydrogen-bond acceptors (Lipinski definition) is 5. The van der Waals surface area contributed by atoms with E-state index in [-0.39, 0.29) is 11.9 Å². The van der Waals surface area contributed by atoms with E-state index in [0.717, 1.165) is 6.54 Å². The molecular formula is C14H17N3O3. The first-order valence-corrected chi connectivity index (χ1v) is 6.42. The number of rotatable bonds is 4. The first-order valence-electron chi connectivity index (χ1n) is 6.42. The summed E-state index contributed by atoms with van der Waals surface area (Å²) in [6, 6.07) is 7.11. The van der Waals surface area contributed by atoms with Gasteiger partial charge in [-0.05, 0) is 12.1 Å². The Morgan fingerprint density at radius 2 is 2.50 bits per heavy atom. The molecule has 0 spiro atoms. The summed E-state index contributed by atoms with van der Waals surface area (Å²) >= 11 is 0. The van der Waals surface area contributed by atoms with E-state index in [1.54, 1.807) is 18.2 Å². The van der Waals surface area contributed by atoms with Crippen molar-refractivity contribution >= 4 is 11.6 Å². The van der Waals surface area contributed by atoms with Crippen LogP contribution >= 0.6 is 0 Å². The van der Waals surface area contributed by atoms with Gasteiger partial charge in [0.2, 0.25) is 5.91 Å². The van der Waals surface area contributed by atoms with Crippen molar-refractivity contribution in [3.63, 3.8) is 0 Å². The van der Waals surface area contributed by atoms with Gasteiger partial charge in [-0.1, -0.05) is 6.07 Å². The average molecular weight is 275 g/mol. The molecule has 1 aromatic rings. The number of ether oxygens (including phenoxy) is 2. The third-order valence-corrected chi connectivity index (χ3v) is 3.06. The second-order valence-electron chi connectivity index (χ2n) is 4.47. The van der Waals surface area contributed by atoms with Crippen molar-refractivity contribution in [3.8, 4) is 11.8 Å². The third-order valence-electron chi connectivity index (χ3n) is 3.06. The van der Waals surface area contributed by atoms with Gasteiger partial charge in [-0.3, -0.25) is 4.79 Å². The first kappa shape index (κ1) is 14.3. The lowest BCUT2D eigenvalue weighted by Gasteiger charge is -2.23. The van der Waals surface area contributed by atoms with E-state index >= 15 is 0 Å². The van der Waals surface area contributed by atoms with Crippen LogP contribution in [-0.2, 0) is 9.53 Å². The number of methoxy groups -OCH3 is 1. The number of benzene rings is 1. The number of nitrogens with zero attached hydrogens (tertiary/aromatic N) is 1. The number of nitriles is 1. The van der Waals surface area contributed by atoms with Crippen molar-refractivity contribution in [2.24, 2.45) is 0 Å². The summed E-state index contributed by atoms with van der Waals surface area (Å²) in [4.78, 5) is 12.0. The maximum Gasteiger partial charge on any atom is 0.226 e. The number of morpholine rings is 1. The summed E-state index contributed by atoms with van der Waals surface area (Å²) in [5.74, 6) is 0.305. The fourth-order valence-corrected chi connectivity index (χ4v) is 2.09. The standard InChI is InChI=1S/C14H17N3O3/c1-19-12-4-2-3-10(8-15)14(12)17-13(18)7-11-9-20-6-5-16-11/h2-4,11,16H,5-7,9H2,1H3,(H,17,18). The number of carbonyl (C=O) groups excluding carboxylic acids is 1. The molecule has 0 radical (unpaired) electrons.